The van der Waals surface area contributed by atoms with Gasteiger partial charge in [0.1, 0.15) is 0 Å². The standard InChI is InChI=1S/C7H4NO4.Li/c9-7(10)5-3-1-2-4-6(5)8(11)12;/h2-4H,(H,9,10);. The molecule has 1 rings (SSSR count). The Morgan fingerprint density at radius 3 is 2.62 bits per heavy atom. The van der Waals surface area contributed by atoms with Gasteiger partial charge in [-0.25, -0.2) is 0 Å². The van der Waals surface area contributed by atoms with Gasteiger partial charge in [-0.2, -0.15) is 0 Å². The molecule has 0 atom stereocenters. The Labute approximate surface area is 82.7 Å². The summed E-state index contributed by atoms with van der Waals surface area (Å²) in [4.78, 5) is 20.2. The molecule has 1 N–H and O–H groups in total. The topological polar surface area (TPSA) is 80.4 Å². The summed E-state index contributed by atoms with van der Waals surface area (Å²) in [5.74, 6) is -1.28. The number of aromatic carboxylic acids is 1. The quantitative estimate of drug-likeness (QED) is 0.390. The average molecular weight is 173 g/mol. The number of carboxylic acid groups (broad SMARTS) is 1. The van der Waals surface area contributed by atoms with Crippen molar-refractivity contribution in [2.24, 2.45) is 0 Å². The fourth-order valence-corrected chi connectivity index (χ4v) is 0.980. The molecule has 0 bridgehead atoms. The van der Waals surface area contributed by atoms with E-state index < -0.39 is 10.9 Å². The van der Waals surface area contributed by atoms with Crippen molar-refractivity contribution in [1.29, 1.82) is 0 Å². The van der Waals surface area contributed by atoms with Crippen molar-refractivity contribution in [3.8, 4) is 0 Å². The van der Waals surface area contributed by atoms with Crippen LogP contribution in [0.15, 0.2) is 18.2 Å². The van der Waals surface area contributed by atoms with Crippen molar-refractivity contribution in [3.63, 3.8) is 0 Å². The number of nitro benzene ring substituents is 1. The van der Waals surface area contributed by atoms with Gasteiger partial charge in [-0.1, -0.05) is 0 Å². The van der Waals surface area contributed by atoms with E-state index in [1.807, 2.05) is 0 Å². The van der Waals surface area contributed by atoms with Crippen molar-refractivity contribution >= 4 is 33.6 Å². The van der Waals surface area contributed by atoms with Crippen molar-refractivity contribution < 1.29 is 14.8 Å². The third kappa shape index (κ3) is 2.08. The molecule has 0 aliphatic rings. The Morgan fingerprint density at radius 2 is 2.15 bits per heavy atom. The number of nitro groups is 1. The van der Waals surface area contributed by atoms with Crippen LogP contribution in [-0.2, 0) is 0 Å². The Kier molecular flexibility index (Phi) is 2.71. The Hall–Kier alpha value is -1.31. The molecule has 1 aromatic carbocycles. The number of carboxylic acids is 1. The summed E-state index contributed by atoms with van der Waals surface area (Å²) >= 11 is 1.68. The van der Waals surface area contributed by atoms with Crippen molar-refractivity contribution in [2.75, 3.05) is 0 Å². The van der Waals surface area contributed by atoms with Gasteiger partial charge in [0.25, 0.3) is 0 Å². The van der Waals surface area contributed by atoms with Gasteiger partial charge in [0, 0.05) is 0 Å². The van der Waals surface area contributed by atoms with E-state index in [1.165, 1.54) is 18.2 Å². The number of nitrogens with zero attached hydrogens (tertiary/aromatic N) is 1. The van der Waals surface area contributed by atoms with E-state index in [0.29, 0.717) is 4.24 Å². The van der Waals surface area contributed by atoms with E-state index >= 15 is 0 Å². The van der Waals surface area contributed by atoms with Crippen LogP contribution in [0.4, 0.5) is 5.69 Å². The molecule has 62 valence electrons. The zero-order valence-corrected chi connectivity index (χ0v) is 6.85. The molecular formula is C7H4LiNO4. The molecule has 0 saturated heterocycles. The molecule has 0 aliphatic heterocycles. The van der Waals surface area contributed by atoms with Gasteiger partial charge < -0.3 is 0 Å². The molecule has 0 saturated carbocycles. The molecule has 1 aromatic rings. The maximum atomic E-state index is 10.6. The van der Waals surface area contributed by atoms with Gasteiger partial charge in [0.05, 0.1) is 0 Å². The number of carbonyl (C=O) groups is 1. The predicted octanol–water partition coefficient (Wildman–Crippen LogP) is 0.0868. The SMILES string of the molecule is [Li][c]1ccc([N+](=O)[O-])c(C(=O)O)c1. The van der Waals surface area contributed by atoms with Gasteiger partial charge in [0.15, 0.2) is 0 Å². The summed E-state index contributed by atoms with van der Waals surface area (Å²) in [7, 11) is 0. The van der Waals surface area contributed by atoms with Crippen LogP contribution in [-0.4, -0.2) is 33.7 Å². The van der Waals surface area contributed by atoms with Gasteiger partial charge in [-0.05, 0) is 0 Å². The molecule has 6 heteroatoms. The summed E-state index contributed by atoms with van der Waals surface area (Å²) < 4.78 is 0.683. The van der Waals surface area contributed by atoms with Crippen LogP contribution in [0.2, 0.25) is 0 Å². The zero-order valence-electron chi connectivity index (χ0n) is 6.85. The first-order valence-electron chi connectivity index (χ1n) is 3.50. The molecular weight excluding hydrogens is 169 g/mol. The second-order valence-electron chi connectivity index (χ2n) is 2.58. The van der Waals surface area contributed by atoms with Crippen molar-refractivity contribution in [3.05, 3.63) is 33.9 Å². The minimum absolute atomic E-state index is 0.273. The third-order valence-electron chi connectivity index (χ3n) is 1.58. The second-order valence-corrected chi connectivity index (χ2v) is 2.58. The number of benzene rings is 1. The van der Waals surface area contributed by atoms with Crippen LogP contribution < -0.4 is 4.24 Å². The molecule has 0 fully saturated rings. The molecule has 0 amide bonds. The van der Waals surface area contributed by atoms with E-state index in [2.05, 4.69) is 0 Å². The monoisotopic (exact) mass is 173 g/mol. The molecule has 13 heavy (non-hydrogen) atoms. The number of hydrogen-bond acceptors (Lipinski definition) is 3. The molecule has 5 nitrogen and oxygen atoms in total. The van der Waals surface area contributed by atoms with Crippen LogP contribution in [0, 0.1) is 10.1 Å². The van der Waals surface area contributed by atoms with E-state index in [4.69, 9.17) is 5.11 Å². The molecule has 0 unspecified atom stereocenters. The normalized spacial score (nSPS) is 9.69. The second kappa shape index (κ2) is 3.60. The Balaban J connectivity index is 3.35. The average Bonchev–Trinajstić information content (AvgIpc) is 2.03. The first kappa shape index (κ1) is 9.77. The van der Waals surface area contributed by atoms with E-state index in [1.54, 1.807) is 17.7 Å². The van der Waals surface area contributed by atoms with E-state index in [9.17, 15) is 14.9 Å². The van der Waals surface area contributed by atoms with Crippen LogP contribution in [0.3, 0.4) is 0 Å². The summed E-state index contributed by atoms with van der Waals surface area (Å²) in [5, 5.41) is 19.0. The number of hydrogen-bond donors (Lipinski definition) is 1. The molecule has 0 aliphatic carbocycles. The maximum absolute atomic E-state index is 10.6. The fraction of sp³-hybridized carbons (Fsp3) is 0. The van der Waals surface area contributed by atoms with Crippen molar-refractivity contribution in [2.45, 2.75) is 0 Å². The van der Waals surface area contributed by atoms with Gasteiger partial charge in [-0.3, -0.25) is 0 Å². The van der Waals surface area contributed by atoms with Gasteiger partial charge in [-0.15, -0.1) is 0 Å². The number of rotatable bonds is 2. The Morgan fingerprint density at radius 1 is 1.54 bits per heavy atom. The summed E-state index contributed by atoms with van der Waals surface area (Å²) in [6, 6.07) is 3.98. The Bertz CT molecular complexity index is 377. The van der Waals surface area contributed by atoms with Crippen LogP contribution in [0.1, 0.15) is 10.4 Å². The van der Waals surface area contributed by atoms with Gasteiger partial charge >= 0.3 is 82.3 Å². The van der Waals surface area contributed by atoms with Crippen LogP contribution in [0.5, 0.6) is 0 Å². The molecule has 0 radical (unpaired) electrons. The van der Waals surface area contributed by atoms with Crippen LogP contribution in [0.25, 0.3) is 0 Å². The first-order chi connectivity index (χ1) is 6.02. The third-order valence-corrected chi connectivity index (χ3v) is 1.58. The summed E-state index contributed by atoms with van der Waals surface area (Å²) in [6.07, 6.45) is 0. The van der Waals surface area contributed by atoms with E-state index in [-0.39, 0.29) is 11.3 Å². The molecule has 0 aromatic heterocycles. The summed E-state index contributed by atoms with van der Waals surface area (Å²) in [6.45, 7) is 0. The predicted molar refractivity (Wildman–Crippen MR) is 45.4 cm³/mol. The van der Waals surface area contributed by atoms with E-state index in [0.717, 1.165) is 0 Å². The van der Waals surface area contributed by atoms with Crippen LogP contribution >= 0.6 is 0 Å². The summed E-state index contributed by atoms with van der Waals surface area (Å²) in [5.41, 5.74) is -0.650. The minimum atomic E-state index is -1.28. The van der Waals surface area contributed by atoms with Gasteiger partial charge in [0.2, 0.25) is 0 Å². The first-order valence-corrected chi connectivity index (χ1v) is 3.50. The van der Waals surface area contributed by atoms with Crippen molar-refractivity contribution in [1.82, 2.24) is 0 Å². The zero-order chi connectivity index (χ0) is 10.0. The molecule has 0 spiro atoms. The molecule has 0 heterocycles. The fourth-order valence-electron chi connectivity index (χ4n) is 0.980.